The average molecular weight is 507 g/mol. The molecule has 6 nitrogen and oxygen atoms in total. The third-order valence-electron chi connectivity index (χ3n) is 5.06. The van der Waals surface area contributed by atoms with Crippen LogP contribution in [0.25, 0.3) is 0 Å². The van der Waals surface area contributed by atoms with Crippen LogP contribution in [0.2, 0.25) is 10.0 Å². The van der Waals surface area contributed by atoms with Crippen LogP contribution in [-0.4, -0.2) is 34.0 Å². The second kappa shape index (κ2) is 10.9. The first kappa shape index (κ1) is 24.9. The third-order valence-corrected chi connectivity index (χ3v) is 7.64. The Bertz CT molecular complexity index is 1230. The molecule has 0 aliphatic carbocycles. The van der Waals surface area contributed by atoms with Gasteiger partial charge in [0.25, 0.3) is 10.0 Å². The number of rotatable bonds is 9. The highest BCUT2D eigenvalue weighted by Crippen LogP contribution is 2.35. The van der Waals surface area contributed by atoms with Gasteiger partial charge in [0, 0.05) is 0 Å². The molecule has 0 aliphatic heterocycles. The summed E-state index contributed by atoms with van der Waals surface area (Å²) in [4.78, 5) is 12.7. The van der Waals surface area contributed by atoms with Crippen LogP contribution in [0, 0.1) is 13.8 Å². The Hall–Kier alpha value is -2.74. The van der Waals surface area contributed by atoms with E-state index in [-0.39, 0.29) is 33.8 Å². The van der Waals surface area contributed by atoms with Crippen LogP contribution in [0.1, 0.15) is 11.1 Å². The number of benzene rings is 3. The molecule has 0 radical (unpaired) electrons. The smallest absolute Gasteiger partial charge is 0.264 e. The molecule has 0 aromatic heterocycles. The van der Waals surface area contributed by atoms with Crippen LogP contribution in [-0.2, 0) is 14.8 Å². The van der Waals surface area contributed by atoms with Crippen molar-refractivity contribution in [2.75, 3.05) is 24.0 Å². The quantitative estimate of drug-likeness (QED) is 0.414. The van der Waals surface area contributed by atoms with E-state index in [1.165, 1.54) is 18.2 Å². The first-order valence-electron chi connectivity index (χ1n) is 10.2. The lowest BCUT2D eigenvalue weighted by atomic mass is 10.1. The molecule has 1 amide bonds. The lowest BCUT2D eigenvalue weighted by molar-refractivity contribution is -0.119. The highest BCUT2D eigenvalue weighted by molar-refractivity contribution is 7.92. The summed E-state index contributed by atoms with van der Waals surface area (Å²) < 4.78 is 33.4. The number of nitrogens with zero attached hydrogens (tertiary/aromatic N) is 1. The number of hydrogen-bond donors (Lipinski definition) is 1. The molecule has 0 atom stereocenters. The Morgan fingerprint density at radius 3 is 2.39 bits per heavy atom. The molecule has 33 heavy (non-hydrogen) atoms. The summed E-state index contributed by atoms with van der Waals surface area (Å²) in [5.41, 5.74) is 2.26. The zero-order chi connectivity index (χ0) is 24.0. The van der Waals surface area contributed by atoms with Crippen LogP contribution in [0.5, 0.6) is 5.75 Å². The van der Waals surface area contributed by atoms with Gasteiger partial charge in [-0.3, -0.25) is 9.10 Å². The van der Waals surface area contributed by atoms with E-state index in [0.29, 0.717) is 0 Å². The fourth-order valence-corrected chi connectivity index (χ4v) is 5.02. The van der Waals surface area contributed by atoms with Crippen molar-refractivity contribution in [2.24, 2.45) is 0 Å². The molecule has 0 spiro atoms. The lowest BCUT2D eigenvalue weighted by Gasteiger charge is -2.25. The van der Waals surface area contributed by atoms with Crippen LogP contribution >= 0.6 is 23.2 Å². The molecule has 174 valence electrons. The minimum Gasteiger partial charge on any atom is -0.491 e. The maximum Gasteiger partial charge on any atom is 0.264 e. The Morgan fingerprint density at radius 1 is 0.970 bits per heavy atom. The number of aryl methyl sites for hydroxylation is 1. The fraction of sp³-hybridized carbons (Fsp3) is 0.208. The summed E-state index contributed by atoms with van der Waals surface area (Å²) in [7, 11) is -4.07. The van der Waals surface area contributed by atoms with Crippen molar-refractivity contribution < 1.29 is 17.9 Å². The van der Waals surface area contributed by atoms with E-state index in [2.05, 4.69) is 5.32 Å². The number of sulfonamides is 1. The standard InChI is InChI=1S/C24H24Cl2N2O4S/c1-17-8-6-13-22(18(17)2)32-15-14-27-23(29)16-28(21-12-7-11-20(25)24(21)26)33(30,31)19-9-4-3-5-10-19/h3-13H,14-16H2,1-2H3,(H,27,29). The topological polar surface area (TPSA) is 75.7 Å². The Morgan fingerprint density at radius 2 is 1.67 bits per heavy atom. The van der Waals surface area contributed by atoms with Gasteiger partial charge in [-0.2, -0.15) is 0 Å². The van der Waals surface area contributed by atoms with Gasteiger partial charge in [0.2, 0.25) is 5.91 Å². The molecule has 0 heterocycles. The average Bonchev–Trinajstić information content (AvgIpc) is 2.80. The van der Waals surface area contributed by atoms with Gasteiger partial charge in [-0.25, -0.2) is 8.42 Å². The molecule has 0 unspecified atom stereocenters. The summed E-state index contributed by atoms with van der Waals surface area (Å²) in [6.07, 6.45) is 0. The highest BCUT2D eigenvalue weighted by Gasteiger charge is 2.29. The summed E-state index contributed by atoms with van der Waals surface area (Å²) in [5.74, 6) is 0.235. The van der Waals surface area contributed by atoms with E-state index in [9.17, 15) is 13.2 Å². The normalized spacial score (nSPS) is 11.2. The van der Waals surface area contributed by atoms with Crippen LogP contribution in [0.3, 0.4) is 0 Å². The molecule has 1 N–H and O–H groups in total. The zero-order valence-corrected chi connectivity index (χ0v) is 20.5. The van der Waals surface area contributed by atoms with Gasteiger partial charge < -0.3 is 10.1 Å². The van der Waals surface area contributed by atoms with Crippen molar-refractivity contribution in [3.05, 3.63) is 87.9 Å². The molecule has 0 bridgehead atoms. The first-order valence-corrected chi connectivity index (χ1v) is 12.4. The van der Waals surface area contributed by atoms with E-state index >= 15 is 0 Å². The maximum atomic E-state index is 13.3. The van der Waals surface area contributed by atoms with Crippen molar-refractivity contribution in [2.45, 2.75) is 18.7 Å². The van der Waals surface area contributed by atoms with Gasteiger partial charge in [0.05, 0.1) is 27.2 Å². The number of ether oxygens (including phenoxy) is 1. The predicted molar refractivity (Wildman–Crippen MR) is 132 cm³/mol. The van der Waals surface area contributed by atoms with Gasteiger partial charge >= 0.3 is 0 Å². The second-order valence-electron chi connectivity index (χ2n) is 7.29. The molecule has 9 heteroatoms. The zero-order valence-electron chi connectivity index (χ0n) is 18.2. The number of carbonyl (C=O) groups excluding carboxylic acids is 1. The minimum absolute atomic E-state index is 0.0344. The summed E-state index contributed by atoms with van der Waals surface area (Å²) in [5, 5.41) is 2.93. The van der Waals surface area contributed by atoms with E-state index in [4.69, 9.17) is 27.9 Å². The van der Waals surface area contributed by atoms with Crippen molar-refractivity contribution >= 4 is 44.8 Å². The predicted octanol–water partition coefficient (Wildman–Crippen LogP) is 5.00. The number of carbonyl (C=O) groups is 1. The molecule has 0 saturated heterocycles. The minimum atomic E-state index is -4.07. The first-order chi connectivity index (χ1) is 15.7. The van der Waals surface area contributed by atoms with E-state index in [0.717, 1.165) is 21.2 Å². The van der Waals surface area contributed by atoms with Gasteiger partial charge in [-0.15, -0.1) is 0 Å². The molecule has 0 saturated carbocycles. The largest absolute Gasteiger partial charge is 0.491 e. The van der Waals surface area contributed by atoms with Crippen LogP contribution in [0.4, 0.5) is 5.69 Å². The maximum absolute atomic E-state index is 13.3. The summed E-state index contributed by atoms with van der Waals surface area (Å²) in [6.45, 7) is 3.92. The van der Waals surface area contributed by atoms with Crippen LogP contribution < -0.4 is 14.4 Å². The molecular formula is C24H24Cl2N2O4S. The molecular weight excluding hydrogens is 483 g/mol. The number of hydrogen-bond acceptors (Lipinski definition) is 4. The lowest BCUT2D eigenvalue weighted by Crippen LogP contribution is -2.42. The number of halogens is 2. The highest BCUT2D eigenvalue weighted by atomic mass is 35.5. The number of amides is 1. The molecule has 3 aromatic rings. The van der Waals surface area contributed by atoms with Crippen molar-refractivity contribution in [3.63, 3.8) is 0 Å². The van der Waals surface area contributed by atoms with Gasteiger partial charge in [0.15, 0.2) is 0 Å². The van der Waals surface area contributed by atoms with Crippen LogP contribution in [0.15, 0.2) is 71.6 Å². The van der Waals surface area contributed by atoms with E-state index < -0.39 is 22.5 Å². The van der Waals surface area contributed by atoms with Crippen molar-refractivity contribution in [1.82, 2.24) is 5.32 Å². The van der Waals surface area contributed by atoms with E-state index in [1.807, 2.05) is 32.0 Å². The van der Waals surface area contributed by atoms with Gasteiger partial charge in [-0.05, 0) is 55.3 Å². The van der Waals surface area contributed by atoms with Gasteiger partial charge in [0.1, 0.15) is 18.9 Å². The molecule has 3 rings (SSSR count). The Kier molecular flexibility index (Phi) is 8.24. The molecule has 0 fully saturated rings. The SMILES string of the molecule is Cc1cccc(OCCNC(=O)CN(c2cccc(Cl)c2Cl)S(=O)(=O)c2ccccc2)c1C. The second-order valence-corrected chi connectivity index (χ2v) is 9.94. The molecule has 3 aromatic carbocycles. The number of nitrogens with one attached hydrogen (secondary N) is 1. The van der Waals surface area contributed by atoms with Crippen molar-refractivity contribution in [3.8, 4) is 5.75 Å². The fourth-order valence-electron chi connectivity index (χ4n) is 3.12. The Balaban J connectivity index is 1.74. The van der Waals surface area contributed by atoms with Crippen molar-refractivity contribution in [1.29, 1.82) is 0 Å². The third kappa shape index (κ3) is 5.99. The Labute approximate surface area is 204 Å². The summed E-state index contributed by atoms with van der Waals surface area (Å²) in [6, 6.07) is 18.2. The van der Waals surface area contributed by atoms with Gasteiger partial charge in [-0.1, -0.05) is 59.6 Å². The molecule has 0 aliphatic rings. The summed E-state index contributed by atoms with van der Waals surface area (Å²) >= 11 is 12.4. The monoisotopic (exact) mass is 506 g/mol. The number of anilines is 1. The van der Waals surface area contributed by atoms with E-state index in [1.54, 1.807) is 30.3 Å².